The molecule has 1 amide bonds. The van der Waals surface area contributed by atoms with Crippen molar-refractivity contribution >= 4 is 11.6 Å². The Morgan fingerprint density at radius 3 is 2.80 bits per heavy atom. The Kier molecular flexibility index (Phi) is 5.30. The summed E-state index contributed by atoms with van der Waals surface area (Å²) in [6.07, 6.45) is 7.08. The van der Waals surface area contributed by atoms with Crippen molar-refractivity contribution in [1.82, 2.24) is 19.7 Å². The van der Waals surface area contributed by atoms with Gasteiger partial charge in [-0.2, -0.15) is 5.10 Å². The molecule has 0 fully saturated rings. The number of amides is 1. The standard InChI is InChI=1S/C17H16FN5O2/c18-14-5-1-2-6-15(14)25-10-3-7-16(24)22-13-11-21-23(12-13)17-19-8-4-9-20-17/h1-2,4-6,8-9,11-12H,3,7,10H2,(H,22,24). The predicted octanol–water partition coefficient (Wildman–Crippen LogP) is 2.60. The molecular weight excluding hydrogens is 325 g/mol. The van der Waals surface area contributed by atoms with Crippen molar-refractivity contribution < 1.29 is 13.9 Å². The summed E-state index contributed by atoms with van der Waals surface area (Å²) in [7, 11) is 0. The third-order valence-corrected chi connectivity index (χ3v) is 3.27. The zero-order valence-electron chi connectivity index (χ0n) is 13.3. The van der Waals surface area contributed by atoms with E-state index in [0.29, 0.717) is 18.1 Å². The van der Waals surface area contributed by atoms with Gasteiger partial charge in [0.15, 0.2) is 11.6 Å². The highest BCUT2D eigenvalue weighted by Gasteiger charge is 2.07. The molecule has 0 saturated heterocycles. The smallest absolute Gasteiger partial charge is 0.250 e. The van der Waals surface area contributed by atoms with Crippen molar-refractivity contribution in [2.45, 2.75) is 12.8 Å². The molecule has 0 aliphatic heterocycles. The summed E-state index contributed by atoms with van der Waals surface area (Å²) in [5.74, 6) is 0.0153. The number of ether oxygens (including phenoxy) is 1. The number of aromatic nitrogens is 4. The molecule has 1 aromatic carbocycles. The highest BCUT2D eigenvalue weighted by atomic mass is 19.1. The van der Waals surface area contributed by atoms with Gasteiger partial charge < -0.3 is 10.1 Å². The van der Waals surface area contributed by atoms with Crippen LogP contribution in [-0.2, 0) is 4.79 Å². The van der Waals surface area contributed by atoms with Crippen LogP contribution in [0.25, 0.3) is 5.95 Å². The SMILES string of the molecule is O=C(CCCOc1ccccc1F)Nc1cnn(-c2ncccn2)c1. The number of carbonyl (C=O) groups is 1. The van der Waals surface area contributed by atoms with E-state index in [1.165, 1.54) is 16.9 Å². The van der Waals surface area contributed by atoms with E-state index >= 15 is 0 Å². The van der Waals surface area contributed by atoms with Crippen molar-refractivity contribution in [2.24, 2.45) is 0 Å². The number of halogens is 1. The van der Waals surface area contributed by atoms with Crippen LogP contribution in [0.2, 0.25) is 0 Å². The molecular formula is C17H16FN5O2. The Morgan fingerprint density at radius 2 is 2.00 bits per heavy atom. The molecule has 2 aromatic heterocycles. The second-order valence-electron chi connectivity index (χ2n) is 5.15. The number of benzene rings is 1. The first-order chi connectivity index (χ1) is 12.2. The van der Waals surface area contributed by atoms with E-state index in [1.54, 1.807) is 42.9 Å². The van der Waals surface area contributed by atoms with Gasteiger partial charge in [-0.3, -0.25) is 4.79 Å². The van der Waals surface area contributed by atoms with Crippen LogP contribution in [0.15, 0.2) is 55.1 Å². The number of nitrogens with one attached hydrogen (secondary N) is 1. The van der Waals surface area contributed by atoms with Gasteiger partial charge in [0.2, 0.25) is 11.9 Å². The summed E-state index contributed by atoms with van der Waals surface area (Å²) in [6, 6.07) is 7.88. The molecule has 0 radical (unpaired) electrons. The summed E-state index contributed by atoms with van der Waals surface area (Å²) in [5, 5.41) is 6.83. The number of rotatable bonds is 7. The van der Waals surface area contributed by atoms with Gasteiger partial charge in [0, 0.05) is 18.8 Å². The molecule has 0 unspecified atom stereocenters. The molecule has 3 rings (SSSR count). The van der Waals surface area contributed by atoms with Gasteiger partial charge in [-0.25, -0.2) is 19.0 Å². The zero-order valence-corrected chi connectivity index (χ0v) is 13.3. The van der Waals surface area contributed by atoms with Crippen molar-refractivity contribution in [3.63, 3.8) is 0 Å². The molecule has 25 heavy (non-hydrogen) atoms. The Morgan fingerprint density at radius 1 is 1.20 bits per heavy atom. The van der Waals surface area contributed by atoms with Crippen LogP contribution in [0.4, 0.5) is 10.1 Å². The molecule has 0 bridgehead atoms. The number of nitrogens with zero attached hydrogens (tertiary/aromatic N) is 4. The zero-order chi connectivity index (χ0) is 17.5. The van der Waals surface area contributed by atoms with Crippen LogP contribution in [0, 0.1) is 5.82 Å². The summed E-state index contributed by atoms with van der Waals surface area (Å²) in [4.78, 5) is 20.1. The number of hydrogen-bond donors (Lipinski definition) is 1. The molecule has 0 aliphatic rings. The average Bonchev–Trinajstić information content (AvgIpc) is 3.09. The van der Waals surface area contributed by atoms with E-state index in [1.807, 2.05) is 0 Å². The van der Waals surface area contributed by atoms with Crippen molar-refractivity contribution in [1.29, 1.82) is 0 Å². The lowest BCUT2D eigenvalue weighted by Crippen LogP contribution is -2.12. The first-order valence-corrected chi connectivity index (χ1v) is 7.71. The van der Waals surface area contributed by atoms with Gasteiger partial charge in [-0.15, -0.1) is 0 Å². The number of hydrogen-bond acceptors (Lipinski definition) is 5. The molecule has 7 nitrogen and oxygen atoms in total. The highest BCUT2D eigenvalue weighted by Crippen LogP contribution is 2.15. The van der Waals surface area contributed by atoms with Gasteiger partial charge in [0.05, 0.1) is 24.7 Å². The fourth-order valence-corrected chi connectivity index (χ4v) is 2.11. The van der Waals surface area contributed by atoms with Crippen molar-refractivity contribution in [2.75, 3.05) is 11.9 Å². The number of carbonyl (C=O) groups excluding carboxylic acids is 1. The lowest BCUT2D eigenvalue weighted by atomic mass is 10.3. The van der Waals surface area contributed by atoms with Crippen molar-refractivity contribution in [3.8, 4) is 11.7 Å². The lowest BCUT2D eigenvalue weighted by Gasteiger charge is -2.06. The molecule has 8 heteroatoms. The van der Waals surface area contributed by atoms with Gasteiger partial charge in [-0.1, -0.05) is 12.1 Å². The topological polar surface area (TPSA) is 81.9 Å². The molecule has 3 aromatic rings. The summed E-state index contributed by atoms with van der Waals surface area (Å²) in [6.45, 7) is 0.255. The first-order valence-electron chi connectivity index (χ1n) is 7.71. The average molecular weight is 341 g/mol. The van der Waals surface area contributed by atoms with E-state index in [-0.39, 0.29) is 24.7 Å². The molecule has 0 saturated carbocycles. The lowest BCUT2D eigenvalue weighted by molar-refractivity contribution is -0.116. The van der Waals surface area contributed by atoms with Gasteiger partial charge in [0.1, 0.15) is 0 Å². The van der Waals surface area contributed by atoms with Crippen molar-refractivity contribution in [3.05, 3.63) is 60.9 Å². The van der Waals surface area contributed by atoms with E-state index in [2.05, 4.69) is 20.4 Å². The van der Waals surface area contributed by atoms with Crippen LogP contribution < -0.4 is 10.1 Å². The monoisotopic (exact) mass is 341 g/mol. The van der Waals surface area contributed by atoms with Crippen LogP contribution in [-0.4, -0.2) is 32.3 Å². The fraction of sp³-hybridized carbons (Fsp3) is 0.176. The maximum Gasteiger partial charge on any atom is 0.250 e. The largest absolute Gasteiger partial charge is 0.491 e. The van der Waals surface area contributed by atoms with Gasteiger partial charge in [-0.05, 0) is 24.6 Å². The summed E-state index contributed by atoms with van der Waals surface area (Å²) >= 11 is 0. The van der Waals surface area contributed by atoms with Crippen LogP contribution in [0.3, 0.4) is 0 Å². The highest BCUT2D eigenvalue weighted by molar-refractivity contribution is 5.90. The minimum atomic E-state index is -0.414. The predicted molar refractivity (Wildman–Crippen MR) is 88.9 cm³/mol. The maximum atomic E-state index is 13.4. The third-order valence-electron chi connectivity index (χ3n) is 3.27. The van der Waals surface area contributed by atoms with E-state index in [4.69, 9.17) is 4.74 Å². The van der Waals surface area contributed by atoms with Gasteiger partial charge >= 0.3 is 0 Å². The maximum absolute atomic E-state index is 13.4. The Hall–Kier alpha value is -3.29. The Bertz CT molecular complexity index is 838. The quantitative estimate of drug-likeness (QED) is 0.668. The Balaban J connectivity index is 1.44. The molecule has 0 atom stereocenters. The Labute approximate surface area is 143 Å². The normalized spacial score (nSPS) is 10.4. The minimum Gasteiger partial charge on any atom is -0.491 e. The molecule has 2 heterocycles. The second-order valence-corrected chi connectivity index (χ2v) is 5.15. The number of para-hydroxylation sites is 1. The van der Waals surface area contributed by atoms with E-state index in [9.17, 15) is 9.18 Å². The second kappa shape index (κ2) is 8.00. The molecule has 0 spiro atoms. The van der Waals surface area contributed by atoms with E-state index in [0.717, 1.165) is 0 Å². The van der Waals surface area contributed by atoms with E-state index < -0.39 is 5.82 Å². The van der Waals surface area contributed by atoms with Gasteiger partial charge in [0.25, 0.3) is 0 Å². The third kappa shape index (κ3) is 4.60. The molecule has 128 valence electrons. The van der Waals surface area contributed by atoms with Crippen LogP contribution in [0.1, 0.15) is 12.8 Å². The minimum absolute atomic E-state index is 0.175. The van der Waals surface area contributed by atoms with Crippen LogP contribution >= 0.6 is 0 Å². The molecule has 1 N–H and O–H groups in total. The number of anilines is 1. The summed E-state index contributed by atoms with van der Waals surface area (Å²) < 4.78 is 20.2. The summed E-state index contributed by atoms with van der Waals surface area (Å²) in [5.41, 5.74) is 0.549. The fourth-order valence-electron chi connectivity index (χ4n) is 2.11. The molecule has 0 aliphatic carbocycles. The van der Waals surface area contributed by atoms with Crippen LogP contribution in [0.5, 0.6) is 5.75 Å². The first kappa shape index (κ1) is 16.6.